The number of carbonyl (C=O) groups excluding carboxylic acids is 2. The van der Waals surface area contributed by atoms with Gasteiger partial charge in [0, 0.05) is 30.0 Å². The van der Waals surface area contributed by atoms with Crippen molar-refractivity contribution in [3.8, 4) is 11.4 Å². The van der Waals surface area contributed by atoms with E-state index in [1.807, 2.05) is 117 Å². The zero-order valence-electron chi connectivity index (χ0n) is 44.5. The predicted octanol–water partition coefficient (Wildman–Crippen LogP) is 10.7. The van der Waals surface area contributed by atoms with E-state index >= 15 is 0 Å². The summed E-state index contributed by atoms with van der Waals surface area (Å²) in [5, 5.41) is 23.4. The zero-order valence-corrected chi connectivity index (χ0v) is 46.0. The van der Waals surface area contributed by atoms with Crippen LogP contribution in [-0.2, 0) is 17.8 Å². The van der Waals surface area contributed by atoms with Gasteiger partial charge in [0.2, 0.25) is 0 Å². The minimum atomic E-state index is -0.591. The second kappa shape index (κ2) is 27.0. The minimum absolute atomic E-state index is 0. The van der Waals surface area contributed by atoms with E-state index in [1.54, 1.807) is 57.1 Å². The topological polar surface area (TPSA) is 297 Å². The second-order valence-electron chi connectivity index (χ2n) is 18.4. The quantitative estimate of drug-likeness (QED) is 0.0225. The zero-order chi connectivity index (χ0) is 57.9. The van der Waals surface area contributed by atoms with Crippen molar-refractivity contribution in [2.45, 2.75) is 59.3 Å². The fraction of sp³-hybridized carbons (Fsp3) is 0.167. The van der Waals surface area contributed by atoms with E-state index in [4.69, 9.17) is 54.6 Å². The van der Waals surface area contributed by atoms with Gasteiger partial charge < -0.3 is 37.5 Å². The Morgan fingerprint density at radius 3 is 1.37 bits per heavy atom. The van der Waals surface area contributed by atoms with E-state index in [9.17, 15) is 19.2 Å². The first-order valence-electron chi connectivity index (χ1n) is 25.8. The molecule has 0 aliphatic carbocycles. The van der Waals surface area contributed by atoms with Crippen molar-refractivity contribution >= 4 is 91.5 Å². The van der Waals surface area contributed by atoms with Crippen LogP contribution >= 0.6 is 23.2 Å². The van der Waals surface area contributed by atoms with Crippen molar-refractivity contribution in [1.29, 1.82) is 0 Å². The summed E-state index contributed by atoms with van der Waals surface area (Å²) in [6.45, 7) is 4.76. The smallest absolute Gasteiger partial charge is 0.337 e. The number of para-hydroxylation sites is 2. The summed E-state index contributed by atoms with van der Waals surface area (Å²) in [5.41, 5.74) is 19.1. The lowest BCUT2D eigenvalue weighted by atomic mass is 10.1. The fourth-order valence-electron chi connectivity index (χ4n) is 9.02. The van der Waals surface area contributed by atoms with Crippen LogP contribution in [0.25, 0.3) is 33.2 Å². The number of nitrogens with one attached hydrogen (secondary N) is 5. The average molecular weight is 1160 g/mol. The number of nitrogens with zero attached hydrogens (tertiary/aromatic N) is 8. The summed E-state index contributed by atoms with van der Waals surface area (Å²) in [4.78, 5) is 78.2. The number of anilines is 6. The number of benzene rings is 6. The lowest BCUT2D eigenvalue weighted by Gasteiger charge is -2.23. The number of carbonyl (C=O) groups is 2. The molecule has 10 rings (SSSR count). The standard InChI is InChI=1S/C30H28ClN7O3.C29H27ClN8O3.CH4/c1-3-21(36-27-25(31)26(32)34-17-35-27)28-37-23-11-7-10-22(24(23)29(39)38(28)20-8-5-4-6-9-20)33-16-18-12-14-19(15-13-18)30(40)41-2;1-2-20(35-26-24(30)25(31)33-16-34-26)27-36-22-10-6-9-21(23(22)29(40)38(27)19-7-4-3-5-8-19)32-15-17-11-13-18(14-12-17)28(39)37-41;/h4-15,17,21,33H,3,16H2,1-2H3,(H3,32,34,35,36);3-14,16,20,32,41H,2,15H2,1H3,(H,37,39)(H3,31,33,34,35);1H4/t21-;20-;/m00./s1. The number of hydrogen-bond donors (Lipinski definition) is 8. The Labute approximate surface area is 486 Å². The van der Waals surface area contributed by atoms with E-state index in [2.05, 4.69) is 41.2 Å². The first-order chi connectivity index (χ1) is 39.8. The van der Waals surface area contributed by atoms with Crippen molar-refractivity contribution < 1.29 is 19.5 Å². The van der Waals surface area contributed by atoms with Gasteiger partial charge in [-0.15, -0.1) is 0 Å². The average Bonchev–Trinajstić information content (AvgIpc) is 3.70. The molecule has 0 spiro atoms. The summed E-state index contributed by atoms with van der Waals surface area (Å²) in [6, 6.07) is 42.6. The number of aromatic nitrogens is 8. The maximum absolute atomic E-state index is 14.3. The molecule has 2 atom stereocenters. The molecule has 0 aliphatic heterocycles. The normalized spacial score (nSPS) is 11.5. The lowest BCUT2D eigenvalue weighted by molar-refractivity contribution is 0.0600. The van der Waals surface area contributed by atoms with Crippen molar-refractivity contribution in [1.82, 2.24) is 44.5 Å². The van der Waals surface area contributed by atoms with Crippen LogP contribution in [0.2, 0.25) is 10.0 Å². The largest absolute Gasteiger partial charge is 0.465 e. The van der Waals surface area contributed by atoms with Gasteiger partial charge in [-0.25, -0.2) is 40.2 Å². The van der Waals surface area contributed by atoms with E-state index in [1.165, 1.54) is 19.8 Å². The fourth-order valence-corrected chi connectivity index (χ4v) is 9.32. The van der Waals surface area contributed by atoms with E-state index in [0.29, 0.717) is 105 Å². The number of halogens is 2. The number of fused-ring (bicyclic) bond motifs is 2. The number of hydroxylamine groups is 1. The molecule has 424 valence electrons. The molecule has 0 saturated heterocycles. The molecule has 0 saturated carbocycles. The van der Waals surface area contributed by atoms with Gasteiger partial charge in [-0.05, 0) is 96.8 Å². The summed E-state index contributed by atoms with van der Waals surface area (Å²) in [7, 11) is 1.35. The predicted molar refractivity (Wildman–Crippen MR) is 326 cm³/mol. The molecule has 21 nitrogen and oxygen atoms in total. The van der Waals surface area contributed by atoms with Crippen LogP contribution < -0.4 is 49.3 Å². The van der Waals surface area contributed by atoms with Gasteiger partial charge in [0.25, 0.3) is 17.0 Å². The van der Waals surface area contributed by atoms with Gasteiger partial charge in [-0.2, -0.15) is 0 Å². The molecule has 23 heteroatoms. The van der Waals surface area contributed by atoms with Crippen LogP contribution in [0.1, 0.15) is 89.7 Å². The Balaban J connectivity index is 0.000000214. The number of nitrogen functional groups attached to an aromatic ring is 2. The van der Waals surface area contributed by atoms with Crippen molar-refractivity contribution in [3.05, 3.63) is 223 Å². The van der Waals surface area contributed by atoms with Crippen LogP contribution in [0, 0.1) is 0 Å². The number of methoxy groups -OCH3 is 1. The van der Waals surface area contributed by atoms with E-state index in [0.717, 1.165) is 11.1 Å². The molecule has 6 aromatic carbocycles. The van der Waals surface area contributed by atoms with Gasteiger partial charge in [0.05, 0.1) is 57.9 Å². The Kier molecular flexibility index (Phi) is 19.2. The maximum Gasteiger partial charge on any atom is 0.337 e. The number of amides is 1. The molecule has 83 heavy (non-hydrogen) atoms. The van der Waals surface area contributed by atoms with Crippen LogP contribution in [-0.4, -0.2) is 63.2 Å². The number of ether oxygens (including phenoxy) is 1. The molecule has 10 N–H and O–H groups in total. The SMILES string of the molecule is C.CC[C@H](Nc1ncnc(N)c1Cl)c1nc2cccc(NCc3ccc(C(=O)NO)cc3)c2c(=O)n1-c1ccccc1.CC[C@H](Nc1ncnc(N)c1Cl)c1nc2cccc(NCc3ccc(C(=O)OC)cc3)c2c(=O)n1-c1ccccc1. The first-order valence-corrected chi connectivity index (χ1v) is 26.5. The molecule has 10 aromatic rings. The highest BCUT2D eigenvalue weighted by atomic mass is 35.5. The van der Waals surface area contributed by atoms with Gasteiger partial charge in [0.1, 0.15) is 46.0 Å². The molecule has 0 unspecified atom stereocenters. The van der Waals surface area contributed by atoms with Crippen LogP contribution in [0.15, 0.2) is 168 Å². The minimum Gasteiger partial charge on any atom is -0.465 e. The molecule has 0 fully saturated rings. The summed E-state index contributed by atoms with van der Waals surface area (Å²) >= 11 is 12.7. The highest BCUT2D eigenvalue weighted by Gasteiger charge is 2.25. The van der Waals surface area contributed by atoms with Gasteiger partial charge in [-0.1, -0.05) is 117 Å². The first kappa shape index (κ1) is 59.2. The van der Waals surface area contributed by atoms with E-state index < -0.39 is 24.0 Å². The highest BCUT2D eigenvalue weighted by molar-refractivity contribution is 6.35. The third-order valence-electron chi connectivity index (χ3n) is 13.2. The Hall–Kier alpha value is -9.96. The van der Waals surface area contributed by atoms with Crippen molar-refractivity contribution in [2.75, 3.05) is 39.8 Å². The molecule has 4 aromatic heterocycles. The molecular formula is C60H59Cl2N15O6. The third-order valence-corrected chi connectivity index (χ3v) is 14.0. The Morgan fingerprint density at radius 1 is 0.578 bits per heavy atom. The number of nitrogens with two attached hydrogens (primary N) is 2. The van der Waals surface area contributed by atoms with Crippen LogP contribution in [0.5, 0.6) is 0 Å². The van der Waals surface area contributed by atoms with E-state index in [-0.39, 0.29) is 40.2 Å². The molecule has 4 heterocycles. The van der Waals surface area contributed by atoms with Crippen molar-refractivity contribution in [2.24, 2.45) is 0 Å². The Morgan fingerprint density at radius 2 is 0.988 bits per heavy atom. The number of hydrogen-bond acceptors (Lipinski definition) is 18. The van der Waals surface area contributed by atoms with Gasteiger partial charge in [-0.3, -0.25) is 28.7 Å². The molecule has 0 radical (unpaired) electrons. The van der Waals surface area contributed by atoms with Gasteiger partial charge in [0.15, 0.2) is 11.6 Å². The third kappa shape index (κ3) is 13.1. The number of rotatable bonds is 18. The Bertz CT molecular complexity index is 3780. The summed E-state index contributed by atoms with van der Waals surface area (Å²) < 4.78 is 7.97. The monoisotopic (exact) mass is 1160 g/mol. The molecule has 0 aliphatic rings. The molecule has 1 amide bonds. The molecular weight excluding hydrogens is 1100 g/mol. The van der Waals surface area contributed by atoms with Crippen LogP contribution in [0.4, 0.5) is 34.6 Å². The number of esters is 1. The maximum atomic E-state index is 14.3. The second-order valence-corrected chi connectivity index (χ2v) is 19.1. The highest BCUT2D eigenvalue weighted by Crippen LogP contribution is 2.33. The summed E-state index contributed by atoms with van der Waals surface area (Å²) in [5.74, 6) is 1.000. The lowest BCUT2D eigenvalue weighted by Crippen LogP contribution is -2.29. The molecule has 0 bridgehead atoms. The summed E-state index contributed by atoms with van der Waals surface area (Å²) in [6.07, 6.45) is 3.79. The van der Waals surface area contributed by atoms with Crippen LogP contribution in [0.3, 0.4) is 0 Å². The van der Waals surface area contributed by atoms with Gasteiger partial charge >= 0.3 is 5.97 Å². The van der Waals surface area contributed by atoms with Crippen molar-refractivity contribution in [3.63, 3.8) is 0 Å².